The van der Waals surface area contributed by atoms with E-state index in [1.54, 1.807) is 39.8 Å². The second-order valence-corrected chi connectivity index (χ2v) is 10.0. The first-order chi connectivity index (χ1) is 16.3. The molecular formula is C24H23BrFN3O4S. The molecule has 0 aliphatic carbocycles. The van der Waals surface area contributed by atoms with Gasteiger partial charge in [-0.1, -0.05) is 11.3 Å². The highest BCUT2D eigenvalue weighted by atomic mass is 79.9. The van der Waals surface area contributed by atoms with Crippen LogP contribution in [0.1, 0.15) is 39.3 Å². The summed E-state index contributed by atoms with van der Waals surface area (Å²) in [5.74, 6) is -2.28. The molecule has 1 aromatic carbocycles. The van der Waals surface area contributed by atoms with Crippen molar-refractivity contribution in [1.29, 1.82) is 0 Å². The number of thiazole rings is 1. The number of fused-ring (bicyclic) bond motifs is 1. The van der Waals surface area contributed by atoms with Crippen LogP contribution in [-0.4, -0.2) is 34.5 Å². The van der Waals surface area contributed by atoms with Gasteiger partial charge in [-0.05, 0) is 67.9 Å². The van der Waals surface area contributed by atoms with Gasteiger partial charge in [0.15, 0.2) is 4.96 Å². The number of benzene rings is 1. The zero-order valence-corrected chi connectivity index (χ0v) is 21.5. The van der Waals surface area contributed by atoms with Crippen LogP contribution in [0.15, 0.2) is 56.8 Å². The van der Waals surface area contributed by atoms with Gasteiger partial charge >= 0.3 is 11.9 Å². The molecule has 0 bridgehead atoms. The molecule has 0 atom stereocenters. The van der Waals surface area contributed by atoms with Crippen LogP contribution in [0, 0.1) is 5.82 Å². The molecule has 3 aromatic rings. The summed E-state index contributed by atoms with van der Waals surface area (Å²) in [5.41, 5.74) is 3.52. The lowest BCUT2D eigenvalue weighted by atomic mass is 9.81. The number of carbonyl (C=O) groups excluding carboxylic acids is 2. The van der Waals surface area contributed by atoms with Gasteiger partial charge in [0, 0.05) is 23.2 Å². The quantitative estimate of drug-likeness (QED) is 0.420. The number of nitrogens with one attached hydrogen (secondary N) is 1. The van der Waals surface area contributed by atoms with Crippen molar-refractivity contribution in [2.45, 2.75) is 33.6 Å². The van der Waals surface area contributed by atoms with E-state index in [4.69, 9.17) is 14.5 Å². The summed E-state index contributed by atoms with van der Waals surface area (Å²) in [6.07, 6.45) is 1.84. The summed E-state index contributed by atoms with van der Waals surface area (Å²) in [6.45, 7) is 7.34. The van der Waals surface area contributed by atoms with Gasteiger partial charge in [0.25, 0.3) is 0 Å². The highest BCUT2D eigenvalue weighted by Gasteiger charge is 2.41. The molecule has 34 heavy (non-hydrogen) atoms. The largest absolute Gasteiger partial charge is 0.463 e. The van der Waals surface area contributed by atoms with Gasteiger partial charge in [-0.2, -0.15) is 0 Å². The molecule has 0 saturated carbocycles. The van der Waals surface area contributed by atoms with Crippen molar-refractivity contribution in [2.24, 2.45) is 0 Å². The Morgan fingerprint density at radius 2 is 1.65 bits per heavy atom. The molecule has 2 aromatic heterocycles. The van der Waals surface area contributed by atoms with Gasteiger partial charge in [-0.3, -0.25) is 4.40 Å². The summed E-state index contributed by atoms with van der Waals surface area (Å²) in [5, 5.41) is 3.14. The molecule has 4 rings (SSSR count). The van der Waals surface area contributed by atoms with E-state index in [9.17, 15) is 14.0 Å². The molecule has 7 nitrogen and oxygen atoms in total. The fourth-order valence-corrected chi connectivity index (χ4v) is 5.52. The fraction of sp³-hybridized carbons (Fsp3) is 0.292. The second kappa shape index (κ2) is 9.71. The second-order valence-electron chi connectivity index (χ2n) is 7.62. The Hall–Kier alpha value is -2.98. The molecule has 0 fully saturated rings. The van der Waals surface area contributed by atoms with E-state index in [1.807, 2.05) is 10.6 Å². The molecule has 10 heteroatoms. The third kappa shape index (κ3) is 4.27. The van der Waals surface area contributed by atoms with Crippen molar-refractivity contribution < 1.29 is 23.5 Å². The maximum absolute atomic E-state index is 13.7. The highest BCUT2D eigenvalue weighted by molar-refractivity contribution is 9.11. The Morgan fingerprint density at radius 1 is 1.09 bits per heavy atom. The lowest BCUT2D eigenvalue weighted by molar-refractivity contribution is -0.139. The van der Waals surface area contributed by atoms with E-state index in [0.29, 0.717) is 44.5 Å². The van der Waals surface area contributed by atoms with E-state index in [0.717, 1.165) is 3.79 Å². The first-order valence-electron chi connectivity index (χ1n) is 10.7. The predicted molar refractivity (Wildman–Crippen MR) is 131 cm³/mol. The number of halogens is 2. The van der Waals surface area contributed by atoms with Gasteiger partial charge in [-0.15, -0.1) is 0 Å². The molecule has 0 unspecified atom stereocenters. The van der Waals surface area contributed by atoms with Crippen molar-refractivity contribution in [1.82, 2.24) is 14.7 Å². The number of dihydropyridines is 1. The van der Waals surface area contributed by atoms with E-state index in [2.05, 4.69) is 21.2 Å². The maximum atomic E-state index is 13.7. The molecule has 1 aliphatic heterocycles. The summed E-state index contributed by atoms with van der Waals surface area (Å²) >= 11 is 4.91. The number of allylic oxidation sites excluding steroid dienone is 2. The number of ether oxygens (including phenoxy) is 2. The van der Waals surface area contributed by atoms with Crippen molar-refractivity contribution in [3.8, 4) is 11.3 Å². The average molecular weight is 548 g/mol. The summed E-state index contributed by atoms with van der Waals surface area (Å²) in [4.78, 5) is 31.9. The third-order valence-corrected chi connectivity index (χ3v) is 6.94. The minimum absolute atomic E-state index is 0.177. The normalized spacial score (nSPS) is 14.5. The first-order valence-corrected chi connectivity index (χ1v) is 12.3. The average Bonchev–Trinajstić information content (AvgIpc) is 3.29. The Morgan fingerprint density at radius 3 is 2.18 bits per heavy atom. The van der Waals surface area contributed by atoms with Gasteiger partial charge < -0.3 is 14.8 Å². The van der Waals surface area contributed by atoms with Crippen molar-refractivity contribution in [2.75, 3.05) is 13.2 Å². The lowest BCUT2D eigenvalue weighted by Crippen LogP contribution is -2.33. The zero-order valence-electron chi connectivity index (χ0n) is 19.1. The molecule has 3 heterocycles. The number of nitrogens with zero attached hydrogens (tertiary/aromatic N) is 2. The molecule has 1 aliphatic rings. The van der Waals surface area contributed by atoms with Gasteiger partial charge in [0.1, 0.15) is 5.82 Å². The highest BCUT2D eigenvalue weighted by Crippen LogP contribution is 2.44. The Bertz CT molecular complexity index is 1300. The maximum Gasteiger partial charge on any atom is 0.336 e. The number of aromatic nitrogens is 2. The van der Waals surface area contributed by atoms with Crippen LogP contribution >= 0.6 is 27.3 Å². The fourth-order valence-electron chi connectivity index (χ4n) is 4.16. The lowest BCUT2D eigenvalue weighted by Gasteiger charge is -2.30. The molecule has 178 valence electrons. The van der Waals surface area contributed by atoms with Crippen LogP contribution in [0.3, 0.4) is 0 Å². The van der Waals surface area contributed by atoms with E-state index < -0.39 is 17.9 Å². The SMILES string of the molecule is CCOC(=O)C1=C(C)NC(C)=C(C(=O)OCC)C1c1c(-c2ccc(F)cc2)nc2sc(Br)cn12. The Kier molecular flexibility index (Phi) is 6.90. The molecule has 1 N–H and O–H groups in total. The van der Waals surface area contributed by atoms with Crippen molar-refractivity contribution in [3.63, 3.8) is 0 Å². The third-order valence-electron chi connectivity index (χ3n) is 5.48. The molecule has 0 saturated heterocycles. The molecule has 0 radical (unpaired) electrons. The van der Waals surface area contributed by atoms with E-state index in [-0.39, 0.29) is 19.0 Å². The van der Waals surface area contributed by atoms with Crippen LogP contribution in [0.2, 0.25) is 0 Å². The number of carbonyl (C=O) groups is 2. The van der Waals surface area contributed by atoms with Crippen LogP contribution in [0.4, 0.5) is 4.39 Å². The number of hydrogen-bond acceptors (Lipinski definition) is 7. The van der Waals surface area contributed by atoms with Crippen molar-refractivity contribution in [3.05, 3.63) is 68.3 Å². The Labute approximate surface area is 208 Å². The molecular weight excluding hydrogens is 525 g/mol. The molecule has 0 spiro atoms. The van der Waals surface area contributed by atoms with Crippen molar-refractivity contribution >= 4 is 44.2 Å². The first kappa shape index (κ1) is 24.2. The standard InChI is InChI=1S/C24H23BrFN3O4S/c1-5-32-22(30)17-12(3)27-13(4)18(23(31)33-6-2)19(17)21-20(14-7-9-15(26)10-8-14)28-24-29(21)11-16(25)34-24/h7-11,19,27H,5-6H2,1-4H3. The number of rotatable bonds is 6. The molecule has 0 amide bonds. The van der Waals surface area contributed by atoms with Gasteiger partial charge in [0.05, 0.1) is 45.5 Å². The Balaban J connectivity index is 2.05. The van der Waals surface area contributed by atoms with Gasteiger partial charge in [0.2, 0.25) is 0 Å². The van der Waals surface area contributed by atoms with Crippen LogP contribution in [0.25, 0.3) is 16.2 Å². The monoisotopic (exact) mass is 547 g/mol. The van der Waals surface area contributed by atoms with E-state index >= 15 is 0 Å². The zero-order chi connectivity index (χ0) is 24.6. The van der Waals surface area contributed by atoms with Crippen LogP contribution in [-0.2, 0) is 19.1 Å². The predicted octanol–water partition coefficient (Wildman–Crippen LogP) is 5.33. The van der Waals surface area contributed by atoms with E-state index in [1.165, 1.54) is 23.5 Å². The minimum atomic E-state index is -0.823. The summed E-state index contributed by atoms with van der Waals surface area (Å²) in [6, 6.07) is 5.96. The minimum Gasteiger partial charge on any atom is -0.463 e. The summed E-state index contributed by atoms with van der Waals surface area (Å²) < 4.78 is 27.1. The topological polar surface area (TPSA) is 81.9 Å². The number of hydrogen-bond donors (Lipinski definition) is 1. The van der Waals surface area contributed by atoms with Crippen LogP contribution < -0.4 is 5.32 Å². The number of imidazole rings is 1. The smallest absolute Gasteiger partial charge is 0.336 e. The van der Waals surface area contributed by atoms with Crippen LogP contribution in [0.5, 0.6) is 0 Å². The van der Waals surface area contributed by atoms with Gasteiger partial charge in [-0.25, -0.2) is 19.0 Å². The number of esters is 2. The summed E-state index contributed by atoms with van der Waals surface area (Å²) in [7, 11) is 0.